The van der Waals surface area contributed by atoms with E-state index >= 15 is 0 Å². The van der Waals surface area contributed by atoms with Gasteiger partial charge in [-0.1, -0.05) is 80.9 Å². The second kappa shape index (κ2) is 8.23. The Hall–Kier alpha value is -2.46. The molecule has 0 unspecified atom stereocenters. The predicted molar refractivity (Wildman–Crippen MR) is 123 cm³/mol. The number of nitrogens with zero attached hydrogens (tertiary/aromatic N) is 2. The predicted octanol–water partition coefficient (Wildman–Crippen LogP) is 5.54. The van der Waals surface area contributed by atoms with Crippen molar-refractivity contribution in [3.63, 3.8) is 0 Å². The molecular weight excluding hydrogens is 384 g/mol. The van der Waals surface area contributed by atoms with Gasteiger partial charge in [0.05, 0.1) is 5.71 Å². The van der Waals surface area contributed by atoms with Gasteiger partial charge >= 0.3 is 0 Å². The number of fused-ring (bicyclic) bond motifs is 1. The maximum absolute atomic E-state index is 13.8. The minimum atomic E-state index is -0.673. The van der Waals surface area contributed by atoms with Crippen LogP contribution in [0.5, 0.6) is 0 Å². The molecule has 5 rings (SSSR count). The molecule has 4 heteroatoms. The second-order valence-electron chi connectivity index (χ2n) is 9.38. The highest BCUT2D eigenvalue weighted by atomic mass is 16.6. The number of hydrogen-bond acceptors (Lipinski definition) is 3. The lowest BCUT2D eigenvalue weighted by molar-refractivity contribution is -0.150. The fraction of sp³-hybridized carbons (Fsp3) is 0.481. The lowest BCUT2D eigenvalue weighted by Crippen LogP contribution is -2.52. The van der Waals surface area contributed by atoms with Crippen LogP contribution in [-0.4, -0.2) is 28.5 Å². The van der Waals surface area contributed by atoms with Crippen molar-refractivity contribution in [1.29, 1.82) is 0 Å². The summed E-state index contributed by atoms with van der Waals surface area (Å²) >= 11 is 0. The summed E-state index contributed by atoms with van der Waals surface area (Å²) in [5.41, 5.74) is 2.86. The number of likely N-dealkylation sites (tertiary alicyclic amines) is 1. The Labute approximate surface area is 185 Å². The average Bonchev–Trinajstić information content (AvgIpc) is 3.25. The van der Waals surface area contributed by atoms with Crippen molar-refractivity contribution in [2.75, 3.05) is 0 Å². The summed E-state index contributed by atoms with van der Waals surface area (Å²) < 4.78 is 6.72. The summed E-state index contributed by atoms with van der Waals surface area (Å²) in [6, 6.07) is 20.9. The third-order valence-corrected chi connectivity index (χ3v) is 7.50. The molecule has 0 radical (unpaired) electrons. The number of carbonyl (C=O) groups is 1. The Balaban J connectivity index is 1.54. The van der Waals surface area contributed by atoms with Gasteiger partial charge in [0.1, 0.15) is 0 Å². The van der Waals surface area contributed by atoms with Gasteiger partial charge in [-0.2, -0.15) is 0 Å². The van der Waals surface area contributed by atoms with Gasteiger partial charge in [-0.15, -0.1) is 0 Å². The van der Waals surface area contributed by atoms with E-state index in [9.17, 15) is 4.79 Å². The van der Waals surface area contributed by atoms with Crippen LogP contribution in [0.1, 0.15) is 63.0 Å². The number of unbranched alkanes of at least 4 members (excludes halogenated alkanes) is 1. The van der Waals surface area contributed by atoms with Crippen LogP contribution in [0, 0.1) is 11.8 Å². The van der Waals surface area contributed by atoms with Gasteiger partial charge < -0.3 is 9.64 Å². The lowest BCUT2D eigenvalue weighted by atomic mass is 9.78. The fourth-order valence-corrected chi connectivity index (χ4v) is 5.75. The molecule has 2 fully saturated rings. The van der Waals surface area contributed by atoms with E-state index in [4.69, 9.17) is 9.73 Å². The topological polar surface area (TPSA) is 41.9 Å². The molecule has 0 aromatic heterocycles. The highest BCUT2D eigenvalue weighted by molar-refractivity contribution is 6.01. The first kappa shape index (κ1) is 20.4. The Bertz CT molecular complexity index is 958. The van der Waals surface area contributed by atoms with Crippen molar-refractivity contribution in [3.8, 4) is 0 Å². The van der Waals surface area contributed by atoms with Crippen LogP contribution in [0.2, 0.25) is 0 Å². The van der Waals surface area contributed by atoms with Gasteiger partial charge in [-0.3, -0.25) is 9.79 Å². The van der Waals surface area contributed by atoms with Gasteiger partial charge in [-0.05, 0) is 42.2 Å². The van der Waals surface area contributed by atoms with Crippen LogP contribution in [0.4, 0.5) is 0 Å². The number of carbonyl (C=O) groups excluding carboxylic acids is 1. The maximum Gasteiger partial charge on any atom is 0.229 e. The molecule has 1 amide bonds. The minimum Gasteiger partial charge on any atom is -0.325 e. The molecule has 162 valence electrons. The molecular formula is C27H32N2O2. The standard InChI is InChI=1S/C27H32N2O2/c1-3-4-15-25-28-24-16-22(21-13-9-6-10-14-21)19(2)23-17-27(24,31-25)29(26(23)30)18-20-11-7-5-8-12-20/h5-14,19,22-23,25H,3-4,15-18H2,1-2H3/t19-,22+,23+,25-,27+/m1/s1. The Morgan fingerprint density at radius 1 is 1.06 bits per heavy atom. The zero-order valence-electron chi connectivity index (χ0n) is 18.5. The van der Waals surface area contributed by atoms with Crippen LogP contribution < -0.4 is 0 Å². The van der Waals surface area contributed by atoms with Crippen molar-refractivity contribution in [2.24, 2.45) is 16.8 Å². The molecule has 2 aromatic carbocycles. The number of hydrogen-bond donors (Lipinski definition) is 0. The molecule has 0 N–H and O–H groups in total. The van der Waals surface area contributed by atoms with Crippen molar-refractivity contribution in [3.05, 3.63) is 71.8 Å². The molecule has 3 aliphatic rings. The number of ether oxygens (including phenoxy) is 1. The van der Waals surface area contributed by atoms with Gasteiger partial charge in [0, 0.05) is 18.9 Å². The first-order chi connectivity index (χ1) is 15.1. The third kappa shape index (κ3) is 3.51. The zero-order valence-corrected chi connectivity index (χ0v) is 18.5. The molecule has 5 atom stereocenters. The Kier molecular flexibility index (Phi) is 5.43. The molecule has 1 saturated heterocycles. The molecule has 4 nitrogen and oxygen atoms in total. The molecule has 1 spiro atoms. The van der Waals surface area contributed by atoms with Gasteiger partial charge in [-0.25, -0.2) is 0 Å². The normalized spacial score (nSPS) is 32.0. The number of benzene rings is 2. The molecule has 2 aromatic rings. The molecule has 2 bridgehead atoms. The summed E-state index contributed by atoms with van der Waals surface area (Å²) in [6.45, 7) is 5.02. The van der Waals surface area contributed by atoms with Crippen LogP contribution in [-0.2, 0) is 16.1 Å². The minimum absolute atomic E-state index is 0.0356. The van der Waals surface area contributed by atoms with E-state index in [2.05, 4.69) is 56.3 Å². The van der Waals surface area contributed by atoms with Crippen LogP contribution in [0.15, 0.2) is 65.7 Å². The lowest BCUT2D eigenvalue weighted by Gasteiger charge is -2.37. The highest BCUT2D eigenvalue weighted by Crippen LogP contribution is 2.53. The smallest absolute Gasteiger partial charge is 0.229 e. The monoisotopic (exact) mass is 416 g/mol. The van der Waals surface area contributed by atoms with Gasteiger partial charge in [0.15, 0.2) is 12.0 Å². The summed E-state index contributed by atoms with van der Waals surface area (Å²) in [5, 5.41) is 0. The van der Waals surface area contributed by atoms with Crippen LogP contribution in [0.25, 0.3) is 0 Å². The van der Waals surface area contributed by atoms with Crippen molar-refractivity contribution < 1.29 is 9.53 Å². The average molecular weight is 417 g/mol. The van der Waals surface area contributed by atoms with E-state index in [-0.39, 0.29) is 24.0 Å². The fourth-order valence-electron chi connectivity index (χ4n) is 5.75. The van der Waals surface area contributed by atoms with E-state index in [1.807, 2.05) is 23.1 Å². The molecule has 2 heterocycles. The summed E-state index contributed by atoms with van der Waals surface area (Å²) in [7, 11) is 0. The quantitative estimate of drug-likeness (QED) is 0.620. The van der Waals surface area contributed by atoms with Crippen molar-refractivity contribution in [1.82, 2.24) is 4.90 Å². The van der Waals surface area contributed by atoms with E-state index in [0.717, 1.165) is 43.4 Å². The first-order valence-corrected chi connectivity index (χ1v) is 11.8. The Morgan fingerprint density at radius 3 is 2.48 bits per heavy atom. The number of rotatable bonds is 6. The SMILES string of the molecule is CCCC[C@@H]1N=C2C[C@H](c3ccccc3)[C@@H](C)[C@@H]3C[C@@]2(O1)N(Cc1ccccc1)C3=O. The van der Waals surface area contributed by atoms with E-state index < -0.39 is 5.72 Å². The van der Waals surface area contributed by atoms with Crippen LogP contribution >= 0.6 is 0 Å². The summed E-state index contributed by atoms with van der Waals surface area (Å²) in [4.78, 5) is 20.9. The molecule has 2 aliphatic heterocycles. The van der Waals surface area contributed by atoms with Crippen molar-refractivity contribution >= 4 is 11.6 Å². The largest absolute Gasteiger partial charge is 0.325 e. The second-order valence-corrected chi connectivity index (χ2v) is 9.38. The number of amides is 1. The van der Waals surface area contributed by atoms with Gasteiger partial charge in [0.2, 0.25) is 5.91 Å². The third-order valence-electron chi connectivity index (χ3n) is 7.50. The Morgan fingerprint density at radius 2 is 1.77 bits per heavy atom. The van der Waals surface area contributed by atoms with Gasteiger partial charge in [0.25, 0.3) is 0 Å². The number of aliphatic imine (C=N–C) groups is 1. The highest BCUT2D eigenvalue weighted by Gasteiger charge is 2.62. The molecule has 1 saturated carbocycles. The van der Waals surface area contributed by atoms with E-state index in [0.29, 0.717) is 12.5 Å². The summed E-state index contributed by atoms with van der Waals surface area (Å²) in [5.74, 6) is 0.731. The van der Waals surface area contributed by atoms with E-state index in [1.54, 1.807) is 0 Å². The van der Waals surface area contributed by atoms with Crippen LogP contribution in [0.3, 0.4) is 0 Å². The summed E-state index contributed by atoms with van der Waals surface area (Å²) in [6.07, 6.45) is 4.59. The first-order valence-electron chi connectivity index (χ1n) is 11.8. The molecule has 31 heavy (non-hydrogen) atoms. The zero-order chi connectivity index (χ0) is 21.4. The maximum atomic E-state index is 13.8. The molecule has 1 aliphatic carbocycles. The van der Waals surface area contributed by atoms with Crippen molar-refractivity contribution in [2.45, 2.75) is 70.4 Å². The van der Waals surface area contributed by atoms with E-state index in [1.165, 1.54) is 5.56 Å².